The molecule has 184 valence electrons. The van der Waals surface area contributed by atoms with Crippen LogP contribution in [0.4, 0.5) is 17.1 Å². The van der Waals surface area contributed by atoms with Crippen LogP contribution < -0.4 is 10.7 Å². The van der Waals surface area contributed by atoms with Gasteiger partial charge in [-0.3, -0.25) is 29.8 Å². The van der Waals surface area contributed by atoms with Gasteiger partial charge in [-0.2, -0.15) is 5.10 Å². The number of hydrazone groups is 1. The molecule has 0 saturated heterocycles. The van der Waals surface area contributed by atoms with Crippen molar-refractivity contribution >= 4 is 46.2 Å². The standard InChI is InChI=1S/C23H18ClN5O7/c1-12-20-17(26-27-22(30)13-8-9-16(24)18(10-13)29(34)35)6-3-7-19(20)36-21(12)23(31)25-14-4-2-5-15(11-14)28(32)33/h2,4-5,8-11H,3,6-7H2,1H3,(H,25,31)(H,27,30)/b26-17+. The summed E-state index contributed by atoms with van der Waals surface area (Å²) >= 11 is 5.79. The third-order valence-corrected chi connectivity index (χ3v) is 5.86. The minimum Gasteiger partial charge on any atom is -0.455 e. The first-order chi connectivity index (χ1) is 17.2. The summed E-state index contributed by atoms with van der Waals surface area (Å²) in [5.41, 5.74) is 3.65. The fourth-order valence-electron chi connectivity index (χ4n) is 3.86. The Kier molecular flexibility index (Phi) is 6.79. The van der Waals surface area contributed by atoms with Crippen LogP contribution in [0.3, 0.4) is 0 Å². The average molecular weight is 512 g/mol. The van der Waals surface area contributed by atoms with Crippen molar-refractivity contribution in [1.82, 2.24) is 5.43 Å². The molecule has 1 heterocycles. The fourth-order valence-corrected chi connectivity index (χ4v) is 4.04. The number of amides is 2. The van der Waals surface area contributed by atoms with Crippen LogP contribution in [-0.4, -0.2) is 27.4 Å². The lowest BCUT2D eigenvalue weighted by atomic mass is 9.93. The van der Waals surface area contributed by atoms with E-state index in [0.717, 1.165) is 6.07 Å². The molecule has 0 saturated carbocycles. The molecule has 0 unspecified atom stereocenters. The Morgan fingerprint density at radius 3 is 2.56 bits per heavy atom. The van der Waals surface area contributed by atoms with Crippen molar-refractivity contribution < 1.29 is 23.9 Å². The van der Waals surface area contributed by atoms with E-state index in [4.69, 9.17) is 16.0 Å². The van der Waals surface area contributed by atoms with Gasteiger partial charge in [-0.15, -0.1) is 0 Å². The maximum atomic E-state index is 12.9. The van der Waals surface area contributed by atoms with Crippen LogP contribution in [-0.2, 0) is 6.42 Å². The molecule has 0 aliphatic heterocycles. The molecule has 2 N–H and O–H groups in total. The number of benzene rings is 2. The molecular weight excluding hydrogens is 494 g/mol. The number of halogens is 1. The number of carbonyl (C=O) groups excluding carboxylic acids is 2. The van der Waals surface area contributed by atoms with E-state index in [0.29, 0.717) is 41.9 Å². The fraction of sp³-hybridized carbons (Fsp3) is 0.174. The Hall–Kier alpha value is -4.58. The highest BCUT2D eigenvalue weighted by Gasteiger charge is 2.28. The zero-order valence-corrected chi connectivity index (χ0v) is 19.5. The first kappa shape index (κ1) is 24.5. The summed E-state index contributed by atoms with van der Waals surface area (Å²) in [5.74, 6) is -0.697. The Bertz CT molecular complexity index is 1450. The van der Waals surface area contributed by atoms with Crippen molar-refractivity contribution in [3.63, 3.8) is 0 Å². The van der Waals surface area contributed by atoms with Crippen LogP contribution in [0.1, 0.15) is 50.6 Å². The molecule has 3 aromatic rings. The largest absolute Gasteiger partial charge is 0.455 e. The molecule has 0 bridgehead atoms. The molecule has 2 aromatic carbocycles. The minimum atomic E-state index is -0.687. The summed E-state index contributed by atoms with van der Waals surface area (Å²) in [5, 5.41) is 28.8. The van der Waals surface area contributed by atoms with E-state index in [1.54, 1.807) is 6.92 Å². The minimum absolute atomic E-state index is 0.00687. The normalized spacial score (nSPS) is 13.7. The molecule has 2 amide bonds. The molecule has 0 spiro atoms. The van der Waals surface area contributed by atoms with E-state index in [9.17, 15) is 29.8 Å². The summed E-state index contributed by atoms with van der Waals surface area (Å²) in [4.78, 5) is 46.2. The first-order valence-electron chi connectivity index (χ1n) is 10.6. The monoisotopic (exact) mass is 511 g/mol. The number of anilines is 1. The van der Waals surface area contributed by atoms with Gasteiger partial charge in [0.15, 0.2) is 5.76 Å². The molecule has 0 atom stereocenters. The van der Waals surface area contributed by atoms with Gasteiger partial charge in [-0.25, -0.2) is 5.43 Å². The Morgan fingerprint density at radius 1 is 1.06 bits per heavy atom. The van der Waals surface area contributed by atoms with Gasteiger partial charge in [0.2, 0.25) is 0 Å². The van der Waals surface area contributed by atoms with Crippen molar-refractivity contribution in [3.8, 4) is 0 Å². The van der Waals surface area contributed by atoms with Crippen LogP contribution >= 0.6 is 11.6 Å². The van der Waals surface area contributed by atoms with Crippen molar-refractivity contribution in [3.05, 3.63) is 95.9 Å². The van der Waals surface area contributed by atoms with Crippen LogP contribution in [0.2, 0.25) is 5.02 Å². The van der Waals surface area contributed by atoms with E-state index in [2.05, 4.69) is 15.8 Å². The number of nitro groups is 2. The SMILES string of the molecule is Cc1c(C(=O)Nc2cccc([N+](=O)[O-])c2)oc2c1/C(=N/NC(=O)c1ccc(Cl)c([N+](=O)[O-])c1)CCC2. The molecule has 1 aliphatic carbocycles. The molecule has 12 nitrogen and oxygen atoms in total. The Balaban J connectivity index is 1.56. The van der Waals surface area contributed by atoms with E-state index in [-0.39, 0.29) is 27.7 Å². The number of nitrogens with zero attached hydrogens (tertiary/aromatic N) is 3. The Morgan fingerprint density at radius 2 is 1.83 bits per heavy atom. The maximum Gasteiger partial charge on any atom is 0.291 e. The Labute approximate surface area is 208 Å². The third kappa shape index (κ3) is 4.93. The van der Waals surface area contributed by atoms with E-state index >= 15 is 0 Å². The maximum absolute atomic E-state index is 12.9. The number of rotatable bonds is 6. The molecule has 1 aromatic heterocycles. The summed E-state index contributed by atoms with van der Waals surface area (Å²) in [7, 11) is 0. The lowest BCUT2D eigenvalue weighted by molar-refractivity contribution is -0.384. The third-order valence-electron chi connectivity index (χ3n) is 5.54. The lowest BCUT2D eigenvalue weighted by Crippen LogP contribution is -2.22. The molecule has 4 rings (SSSR count). The average Bonchev–Trinajstić information content (AvgIpc) is 3.20. The highest BCUT2D eigenvalue weighted by atomic mass is 35.5. The smallest absolute Gasteiger partial charge is 0.291 e. The summed E-state index contributed by atoms with van der Waals surface area (Å²) < 4.78 is 5.80. The van der Waals surface area contributed by atoms with Gasteiger partial charge in [-0.1, -0.05) is 17.7 Å². The van der Waals surface area contributed by atoms with Crippen molar-refractivity contribution in [1.29, 1.82) is 0 Å². The molecule has 13 heteroatoms. The van der Waals surface area contributed by atoms with E-state index in [1.807, 2.05) is 0 Å². The second-order valence-electron chi connectivity index (χ2n) is 7.89. The van der Waals surface area contributed by atoms with Gasteiger partial charge in [-0.05, 0) is 38.0 Å². The predicted octanol–water partition coefficient (Wildman–Crippen LogP) is 4.78. The predicted molar refractivity (Wildman–Crippen MR) is 130 cm³/mol. The summed E-state index contributed by atoms with van der Waals surface area (Å²) in [6.07, 6.45) is 1.71. The number of non-ortho nitro benzene ring substituents is 1. The number of carbonyl (C=O) groups is 2. The molecule has 0 fully saturated rings. The van der Waals surface area contributed by atoms with Gasteiger partial charge in [0.1, 0.15) is 10.8 Å². The van der Waals surface area contributed by atoms with Crippen molar-refractivity contribution in [2.24, 2.45) is 5.10 Å². The van der Waals surface area contributed by atoms with Gasteiger partial charge in [0.25, 0.3) is 23.2 Å². The highest BCUT2D eigenvalue weighted by molar-refractivity contribution is 6.32. The van der Waals surface area contributed by atoms with E-state index in [1.165, 1.54) is 36.4 Å². The number of hydrogen-bond acceptors (Lipinski definition) is 8. The summed E-state index contributed by atoms with van der Waals surface area (Å²) in [6.45, 7) is 1.68. The highest BCUT2D eigenvalue weighted by Crippen LogP contribution is 2.31. The first-order valence-corrected chi connectivity index (χ1v) is 11.0. The zero-order chi connectivity index (χ0) is 26.0. The van der Waals surface area contributed by atoms with Crippen LogP contribution in [0.5, 0.6) is 0 Å². The zero-order valence-electron chi connectivity index (χ0n) is 18.7. The van der Waals surface area contributed by atoms with E-state index < -0.39 is 27.3 Å². The van der Waals surface area contributed by atoms with Gasteiger partial charge in [0, 0.05) is 47.0 Å². The molecule has 1 aliphatic rings. The number of furan rings is 1. The van der Waals surface area contributed by atoms with Crippen LogP contribution in [0, 0.1) is 27.2 Å². The van der Waals surface area contributed by atoms with Crippen molar-refractivity contribution in [2.45, 2.75) is 26.2 Å². The second-order valence-corrected chi connectivity index (χ2v) is 8.30. The molecular formula is C23H18ClN5O7. The molecule has 0 radical (unpaired) electrons. The lowest BCUT2D eigenvalue weighted by Gasteiger charge is -2.13. The number of nitrogens with one attached hydrogen (secondary N) is 2. The van der Waals surface area contributed by atoms with Crippen LogP contribution in [0.25, 0.3) is 0 Å². The topological polar surface area (TPSA) is 170 Å². The number of hydrogen-bond donors (Lipinski definition) is 2. The number of nitro benzene ring substituents is 2. The van der Waals surface area contributed by atoms with Crippen molar-refractivity contribution in [2.75, 3.05) is 5.32 Å². The van der Waals surface area contributed by atoms with Gasteiger partial charge < -0.3 is 9.73 Å². The quantitative estimate of drug-likeness (QED) is 0.354. The molecule has 36 heavy (non-hydrogen) atoms. The number of fused-ring (bicyclic) bond motifs is 1. The summed E-state index contributed by atoms with van der Waals surface area (Å²) in [6, 6.07) is 9.18. The van der Waals surface area contributed by atoms with Gasteiger partial charge >= 0.3 is 0 Å². The van der Waals surface area contributed by atoms with Crippen LogP contribution in [0.15, 0.2) is 52.0 Å². The second kappa shape index (κ2) is 9.96. The number of aryl methyl sites for hydroxylation is 1. The van der Waals surface area contributed by atoms with Gasteiger partial charge in [0.05, 0.1) is 15.6 Å².